The van der Waals surface area contributed by atoms with E-state index in [1.165, 1.54) is 7.22 Å². The Balaban J connectivity index is 2.42. The van der Waals surface area contributed by atoms with E-state index in [4.69, 9.17) is 0 Å². The molecule has 0 spiro atoms. The van der Waals surface area contributed by atoms with Crippen LogP contribution in [-0.2, 0) is 0 Å². The van der Waals surface area contributed by atoms with Crippen LogP contribution in [0.25, 0.3) is 0 Å². The molecular weight excluding hydrogens is 308 g/mol. The van der Waals surface area contributed by atoms with Crippen molar-refractivity contribution in [1.82, 2.24) is 0 Å². The van der Waals surface area contributed by atoms with E-state index in [0.717, 1.165) is 0 Å². The van der Waals surface area contributed by atoms with Gasteiger partial charge in [0.05, 0.1) is 0 Å². The summed E-state index contributed by atoms with van der Waals surface area (Å²) < 4.78 is 6.28. The molecule has 1 heteroatoms. The summed E-state index contributed by atoms with van der Waals surface area (Å²) in [5.74, 6) is 3.09. The standard InChI is InChI=1S/C15H13Te/c1-2-13-16(14-9-5-3-6-10-14)15-11-7-4-8-12-15/h3-12H,1H3/q+1. The van der Waals surface area contributed by atoms with Gasteiger partial charge in [0.2, 0.25) is 0 Å². The fraction of sp³-hybridized carbons (Fsp3) is 0.0667. The minimum absolute atomic E-state index is 1.42. The van der Waals surface area contributed by atoms with Crippen molar-refractivity contribution in [2.45, 2.75) is 6.92 Å². The van der Waals surface area contributed by atoms with Crippen molar-refractivity contribution in [2.24, 2.45) is 0 Å². The first kappa shape index (κ1) is 11.3. The molecule has 0 heterocycles. The molecule has 0 radical (unpaired) electrons. The van der Waals surface area contributed by atoms with E-state index >= 15 is 0 Å². The average molecular weight is 321 g/mol. The third-order valence-electron chi connectivity index (χ3n) is 2.16. The van der Waals surface area contributed by atoms with Crippen molar-refractivity contribution >= 4 is 26.8 Å². The van der Waals surface area contributed by atoms with Crippen molar-refractivity contribution in [3.63, 3.8) is 0 Å². The zero-order valence-electron chi connectivity index (χ0n) is 9.18. The van der Waals surface area contributed by atoms with Gasteiger partial charge in [0.1, 0.15) is 0 Å². The third kappa shape index (κ3) is 2.67. The van der Waals surface area contributed by atoms with Crippen LogP contribution in [0.5, 0.6) is 0 Å². The summed E-state index contributed by atoms with van der Waals surface area (Å²) in [6.07, 6.45) is 0. The monoisotopic (exact) mass is 323 g/mol. The molecule has 0 bridgehead atoms. The molecule has 0 unspecified atom stereocenters. The maximum atomic E-state index is 3.44. The van der Waals surface area contributed by atoms with Gasteiger partial charge in [-0.2, -0.15) is 0 Å². The Bertz CT molecular complexity index is 452. The van der Waals surface area contributed by atoms with E-state index in [9.17, 15) is 0 Å². The van der Waals surface area contributed by atoms with Gasteiger partial charge in [-0.1, -0.05) is 0 Å². The van der Waals surface area contributed by atoms with Gasteiger partial charge in [0, 0.05) is 0 Å². The quantitative estimate of drug-likeness (QED) is 0.585. The van der Waals surface area contributed by atoms with Crippen LogP contribution in [-0.4, -0.2) is 19.6 Å². The summed E-state index contributed by atoms with van der Waals surface area (Å²) in [6, 6.07) is 21.3. The van der Waals surface area contributed by atoms with Crippen LogP contribution in [0.4, 0.5) is 0 Å². The molecule has 0 amide bonds. The van der Waals surface area contributed by atoms with Crippen LogP contribution >= 0.6 is 0 Å². The molecule has 78 valence electrons. The summed E-state index contributed by atoms with van der Waals surface area (Å²) >= 11 is -1.65. The van der Waals surface area contributed by atoms with Gasteiger partial charge >= 0.3 is 104 Å². The fourth-order valence-electron chi connectivity index (χ4n) is 1.47. The van der Waals surface area contributed by atoms with Crippen LogP contribution in [0, 0.1) is 9.89 Å². The molecule has 0 fully saturated rings. The van der Waals surface area contributed by atoms with Gasteiger partial charge in [-0.05, 0) is 0 Å². The number of rotatable bonds is 2. The predicted molar refractivity (Wildman–Crippen MR) is 71.4 cm³/mol. The molecular formula is C15H13Te+. The fourth-order valence-corrected chi connectivity index (χ4v) is 5.95. The number of benzene rings is 2. The van der Waals surface area contributed by atoms with E-state index < -0.39 is 19.6 Å². The SMILES string of the molecule is CC#C[Te+](c1ccccc1)c1ccccc1. The van der Waals surface area contributed by atoms with Gasteiger partial charge in [-0.15, -0.1) is 0 Å². The van der Waals surface area contributed by atoms with Gasteiger partial charge in [-0.25, -0.2) is 0 Å². The summed E-state index contributed by atoms with van der Waals surface area (Å²) in [5, 5.41) is 0. The van der Waals surface area contributed by atoms with E-state index in [2.05, 4.69) is 70.6 Å². The van der Waals surface area contributed by atoms with Crippen molar-refractivity contribution in [3.8, 4) is 9.89 Å². The van der Waals surface area contributed by atoms with Crippen LogP contribution in [0.15, 0.2) is 60.7 Å². The summed E-state index contributed by atoms with van der Waals surface area (Å²) in [7, 11) is 0. The molecule has 0 aliphatic rings. The van der Waals surface area contributed by atoms with Gasteiger partial charge in [0.15, 0.2) is 0 Å². The zero-order valence-corrected chi connectivity index (χ0v) is 11.5. The van der Waals surface area contributed by atoms with Gasteiger partial charge < -0.3 is 0 Å². The molecule has 0 N–H and O–H groups in total. The average Bonchev–Trinajstić information content (AvgIpc) is 2.38. The first-order valence-electron chi connectivity index (χ1n) is 5.18. The van der Waals surface area contributed by atoms with Crippen LogP contribution < -0.4 is 7.22 Å². The second-order valence-electron chi connectivity index (χ2n) is 3.28. The molecule has 0 nitrogen and oxygen atoms in total. The Hall–Kier alpha value is -1.21. The Morgan fingerprint density at radius 3 is 1.56 bits per heavy atom. The van der Waals surface area contributed by atoms with Gasteiger partial charge in [0.25, 0.3) is 0 Å². The predicted octanol–water partition coefficient (Wildman–Crippen LogP) is 1.86. The van der Waals surface area contributed by atoms with Crippen molar-refractivity contribution < 1.29 is 0 Å². The Morgan fingerprint density at radius 2 is 1.19 bits per heavy atom. The molecule has 16 heavy (non-hydrogen) atoms. The van der Waals surface area contributed by atoms with Crippen molar-refractivity contribution in [1.29, 1.82) is 0 Å². The second-order valence-corrected chi connectivity index (χ2v) is 8.31. The summed E-state index contributed by atoms with van der Waals surface area (Å²) in [6.45, 7) is 1.93. The first-order valence-corrected chi connectivity index (χ1v) is 8.68. The minimum atomic E-state index is -1.65. The Labute approximate surface area is 104 Å². The van der Waals surface area contributed by atoms with E-state index in [-0.39, 0.29) is 0 Å². The molecule has 2 aromatic carbocycles. The zero-order chi connectivity index (χ0) is 11.2. The van der Waals surface area contributed by atoms with E-state index in [0.29, 0.717) is 0 Å². The second kappa shape index (κ2) is 5.76. The van der Waals surface area contributed by atoms with Crippen LogP contribution in [0.2, 0.25) is 0 Å². The normalized spacial score (nSPS) is 9.62. The topological polar surface area (TPSA) is 0 Å². The Morgan fingerprint density at radius 1 is 0.750 bits per heavy atom. The summed E-state index contributed by atoms with van der Waals surface area (Å²) in [4.78, 5) is 0. The number of hydrogen-bond donors (Lipinski definition) is 0. The van der Waals surface area contributed by atoms with Crippen molar-refractivity contribution in [3.05, 3.63) is 60.7 Å². The molecule has 0 saturated carbocycles. The molecule has 2 rings (SSSR count). The molecule has 0 saturated heterocycles. The third-order valence-corrected chi connectivity index (χ3v) is 7.57. The van der Waals surface area contributed by atoms with Crippen LogP contribution in [0.3, 0.4) is 0 Å². The maximum absolute atomic E-state index is 3.44. The number of hydrogen-bond acceptors (Lipinski definition) is 0. The van der Waals surface area contributed by atoms with E-state index in [1.54, 1.807) is 0 Å². The summed E-state index contributed by atoms with van der Waals surface area (Å²) in [5.41, 5.74) is 0. The first-order chi connectivity index (χ1) is 7.92. The molecule has 0 aromatic heterocycles. The van der Waals surface area contributed by atoms with E-state index in [1.807, 2.05) is 6.92 Å². The molecule has 0 atom stereocenters. The Kier molecular flexibility index (Phi) is 4.06. The van der Waals surface area contributed by atoms with Crippen molar-refractivity contribution in [2.75, 3.05) is 0 Å². The molecule has 2 aromatic rings. The van der Waals surface area contributed by atoms with Crippen LogP contribution in [0.1, 0.15) is 6.92 Å². The van der Waals surface area contributed by atoms with Gasteiger partial charge in [-0.3, -0.25) is 0 Å². The molecule has 0 aliphatic carbocycles. The molecule has 0 aliphatic heterocycles.